The smallest absolute Gasteiger partial charge is 0.147 e. The van der Waals surface area contributed by atoms with Crippen LogP contribution in [0.1, 0.15) is 29.5 Å². The number of hydrogen-bond acceptors (Lipinski definition) is 1. The summed E-state index contributed by atoms with van der Waals surface area (Å²) in [5, 5.41) is 4.59. The minimum atomic E-state index is -0.247. The van der Waals surface area contributed by atoms with Crippen LogP contribution in [0.5, 0.6) is 0 Å². The van der Waals surface area contributed by atoms with Crippen LogP contribution < -0.4 is 5.32 Å². The molecular formula is C18H13BrCl2FN. The van der Waals surface area contributed by atoms with Gasteiger partial charge < -0.3 is 5.32 Å². The number of hydrogen-bond donors (Lipinski definition) is 1. The monoisotopic (exact) mass is 411 g/mol. The minimum absolute atomic E-state index is 0.0389. The zero-order valence-corrected chi connectivity index (χ0v) is 15.1. The van der Waals surface area contributed by atoms with Crippen molar-refractivity contribution in [2.45, 2.75) is 18.4 Å². The van der Waals surface area contributed by atoms with Crippen LogP contribution in [-0.4, -0.2) is 0 Å². The maximum atomic E-state index is 14.5. The summed E-state index contributed by atoms with van der Waals surface area (Å²) >= 11 is 15.8. The first-order valence-electron chi connectivity index (χ1n) is 7.41. The van der Waals surface area contributed by atoms with Gasteiger partial charge in [0.2, 0.25) is 0 Å². The first-order chi connectivity index (χ1) is 11.0. The molecule has 1 nitrogen and oxygen atoms in total. The fourth-order valence-corrected chi connectivity index (χ4v) is 4.66. The van der Waals surface area contributed by atoms with Gasteiger partial charge >= 0.3 is 0 Å². The van der Waals surface area contributed by atoms with Crippen LogP contribution in [0.25, 0.3) is 0 Å². The number of anilines is 1. The van der Waals surface area contributed by atoms with Gasteiger partial charge in [-0.1, -0.05) is 57.4 Å². The maximum Gasteiger partial charge on any atom is 0.147 e. The number of benzene rings is 2. The number of fused-ring (bicyclic) bond motifs is 3. The summed E-state index contributed by atoms with van der Waals surface area (Å²) in [4.78, 5) is 0. The van der Waals surface area contributed by atoms with E-state index in [-0.39, 0.29) is 17.8 Å². The van der Waals surface area contributed by atoms with Crippen molar-refractivity contribution < 1.29 is 4.39 Å². The Labute approximate surface area is 152 Å². The highest BCUT2D eigenvalue weighted by Gasteiger charge is 2.39. The van der Waals surface area contributed by atoms with E-state index in [1.807, 2.05) is 18.2 Å². The molecular weight excluding hydrogens is 400 g/mol. The molecule has 0 aromatic heterocycles. The summed E-state index contributed by atoms with van der Waals surface area (Å²) in [5.41, 5.74) is 2.52. The summed E-state index contributed by atoms with van der Waals surface area (Å²) in [6.45, 7) is 0. The highest BCUT2D eigenvalue weighted by molar-refractivity contribution is 9.10. The van der Waals surface area contributed by atoms with E-state index in [2.05, 4.69) is 33.4 Å². The van der Waals surface area contributed by atoms with Gasteiger partial charge in [0.15, 0.2) is 0 Å². The Kier molecular flexibility index (Phi) is 3.91. The van der Waals surface area contributed by atoms with Gasteiger partial charge in [-0.25, -0.2) is 4.39 Å². The van der Waals surface area contributed by atoms with Gasteiger partial charge in [-0.05, 0) is 47.7 Å². The van der Waals surface area contributed by atoms with Crippen LogP contribution in [0.2, 0.25) is 10.0 Å². The molecule has 0 saturated heterocycles. The molecule has 2 aromatic rings. The van der Waals surface area contributed by atoms with E-state index in [0.717, 1.165) is 22.0 Å². The SMILES string of the molecule is Fc1cc(Br)cc2c1N[C@H](c1ccc(Cl)cc1Cl)[C@@H]1CC=C[C@H]21. The van der Waals surface area contributed by atoms with Crippen LogP contribution in [0, 0.1) is 11.7 Å². The summed E-state index contributed by atoms with van der Waals surface area (Å²) in [7, 11) is 0. The van der Waals surface area contributed by atoms with Crippen LogP contribution >= 0.6 is 39.1 Å². The van der Waals surface area contributed by atoms with Crippen molar-refractivity contribution in [1.29, 1.82) is 0 Å². The van der Waals surface area contributed by atoms with Crippen molar-refractivity contribution in [2.75, 3.05) is 5.32 Å². The molecule has 0 spiro atoms. The summed E-state index contributed by atoms with van der Waals surface area (Å²) < 4.78 is 15.2. The molecule has 118 valence electrons. The fraction of sp³-hybridized carbons (Fsp3) is 0.222. The van der Waals surface area contributed by atoms with Gasteiger partial charge in [0.05, 0.1) is 11.7 Å². The normalized spacial score (nSPS) is 25.0. The molecule has 0 fully saturated rings. The zero-order chi connectivity index (χ0) is 16.1. The third kappa shape index (κ3) is 2.59. The summed E-state index contributed by atoms with van der Waals surface area (Å²) in [6, 6.07) is 8.95. The van der Waals surface area contributed by atoms with Gasteiger partial charge in [-0.15, -0.1) is 0 Å². The van der Waals surface area contributed by atoms with Crippen molar-refractivity contribution in [1.82, 2.24) is 0 Å². The van der Waals surface area contributed by atoms with Crippen molar-refractivity contribution in [3.05, 3.63) is 73.9 Å². The van der Waals surface area contributed by atoms with E-state index in [1.165, 1.54) is 6.07 Å². The lowest BCUT2D eigenvalue weighted by molar-refractivity contribution is 0.420. The number of allylic oxidation sites excluding steroid dienone is 2. The van der Waals surface area contributed by atoms with Gasteiger partial charge in [0, 0.05) is 20.4 Å². The second kappa shape index (κ2) is 5.80. The highest BCUT2D eigenvalue weighted by atomic mass is 79.9. The largest absolute Gasteiger partial charge is 0.375 e. The average Bonchev–Trinajstić information content (AvgIpc) is 2.97. The fourth-order valence-electron chi connectivity index (χ4n) is 3.68. The Balaban J connectivity index is 1.84. The Morgan fingerprint density at radius 3 is 2.74 bits per heavy atom. The van der Waals surface area contributed by atoms with Crippen molar-refractivity contribution in [2.24, 2.45) is 5.92 Å². The molecule has 1 aliphatic heterocycles. The summed E-state index contributed by atoms with van der Waals surface area (Å²) in [5.74, 6) is 0.257. The zero-order valence-electron chi connectivity index (χ0n) is 12.0. The van der Waals surface area contributed by atoms with E-state index >= 15 is 0 Å². The molecule has 1 aliphatic carbocycles. The molecule has 1 N–H and O–H groups in total. The Bertz CT molecular complexity index is 821. The van der Waals surface area contributed by atoms with Crippen LogP contribution in [0.3, 0.4) is 0 Å². The number of halogens is 4. The predicted molar refractivity (Wildman–Crippen MR) is 96.9 cm³/mol. The average molecular weight is 413 g/mol. The van der Waals surface area contributed by atoms with E-state index in [4.69, 9.17) is 23.2 Å². The van der Waals surface area contributed by atoms with Crippen molar-refractivity contribution in [3.63, 3.8) is 0 Å². The second-order valence-corrected chi connectivity index (χ2v) is 7.75. The van der Waals surface area contributed by atoms with Crippen molar-refractivity contribution >= 4 is 44.8 Å². The molecule has 0 unspecified atom stereocenters. The molecule has 1 heterocycles. The van der Waals surface area contributed by atoms with E-state index in [0.29, 0.717) is 21.7 Å². The lowest BCUT2D eigenvalue weighted by Gasteiger charge is -2.38. The molecule has 4 rings (SSSR count). The Hall–Kier alpha value is -1.03. The van der Waals surface area contributed by atoms with Gasteiger partial charge in [0.1, 0.15) is 5.82 Å². The van der Waals surface area contributed by atoms with Gasteiger partial charge in [-0.2, -0.15) is 0 Å². The van der Waals surface area contributed by atoms with Crippen molar-refractivity contribution in [3.8, 4) is 0 Å². The number of rotatable bonds is 1. The van der Waals surface area contributed by atoms with Gasteiger partial charge in [-0.3, -0.25) is 0 Å². The molecule has 0 radical (unpaired) electrons. The third-order valence-electron chi connectivity index (χ3n) is 4.68. The topological polar surface area (TPSA) is 12.0 Å². The molecule has 0 amide bonds. The molecule has 0 saturated carbocycles. The predicted octanol–water partition coefficient (Wildman–Crippen LogP) is 6.72. The highest BCUT2D eigenvalue weighted by Crippen LogP contribution is 2.52. The van der Waals surface area contributed by atoms with Gasteiger partial charge in [0.25, 0.3) is 0 Å². The van der Waals surface area contributed by atoms with Crippen LogP contribution in [0.4, 0.5) is 10.1 Å². The molecule has 23 heavy (non-hydrogen) atoms. The minimum Gasteiger partial charge on any atom is -0.375 e. The lowest BCUT2D eigenvalue weighted by atomic mass is 9.77. The maximum absolute atomic E-state index is 14.5. The Morgan fingerprint density at radius 1 is 1.13 bits per heavy atom. The van der Waals surface area contributed by atoms with E-state index in [1.54, 1.807) is 6.07 Å². The molecule has 2 aliphatic rings. The first-order valence-corrected chi connectivity index (χ1v) is 8.96. The van der Waals surface area contributed by atoms with Crippen LogP contribution in [-0.2, 0) is 0 Å². The summed E-state index contributed by atoms with van der Waals surface area (Å²) in [6.07, 6.45) is 5.28. The quantitative estimate of drug-likeness (QED) is 0.512. The molecule has 0 bridgehead atoms. The van der Waals surface area contributed by atoms with E-state index in [9.17, 15) is 4.39 Å². The molecule has 2 aromatic carbocycles. The third-order valence-corrected chi connectivity index (χ3v) is 5.70. The number of nitrogens with one attached hydrogen (secondary N) is 1. The van der Waals surface area contributed by atoms with Crippen LogP contribution in [0.15, 0.2) is 47.0 Å². The standard InChI is InChI=1S/C18H13BrCl2FN/c19-9-6-14-11-2-1-3-12(11)17(23-18(14)16(22)7-9)13-5-4-10(20)8-15(13)21/h1-2,4-8,11-12,17,23H,3H2/t11-,12+,17-/m0/s1. The lowest BCUT2D eigenvalue weighted by Crippen LogP contribution is -2.30. The Morgan fingerprint density at radius 2 is 1.96 bits per heavy atom. The molecule has 3 atom stereocenters. The molecule has 5 heteroatoms. The van der Waals surface area contributed by atoms with E-state index < -0.39 is 0 Å². The second-order valence-electron chi connectivity index (χ2n) is 5.99. The first kappa shape index (κ1) is 15.5.